The lowest BCUT2D eigenvalue weighted by Gasteiger charge is -2.26. The molecule has 4 heteroatoms. The molecule has 1 aromatic carbocycles. The van der Waals surface area contributed by atoms with E-state index < -0.39 is 0 Å². The van der Waals surface area contributed by atoms with Crippen molar-refractivity contribution in [1.29, 1.82) is 5.26 Å². The van der Waals surface area contributed by atoms with Crippen LogP contribution in [0.15, 0.2) is 24.3 Å². The van der Waals surface area contributed by atoms with Crippen LogP contribution in [0.2, 0.25) is 0 Å². The molecule has 19 heavy (non-hydrogen) atoms. The molecule has 0 atom stereocenters. The van der Waals surface area contributed by atoms with Gasteiger partial charge in [0, 0.05) is 18.2 Å². The summed E-state index contributed by atoms with van der Waals surface area (Å²) < 4.78 is 0. The molecule has 4 nitrogen and oxygen atoms in total. The summed E-state index contributed by atoms with van der Waals surface area (Å²) in [5, 5.41) is 8.68. The minimum Gasteiger partial charge on any atom is -0.335 e. The third kappa shape index (κ3) is 4.08. The van der Waals surface area contributed by atoms with Crippen LogP contribution in [0.25, 0.3) is 0 Å². The summed E-state index contributed by atoms with van der Waals surface area (Å²) in [5.41, 5.74) is 7.24. The monoisotopic (exact) mass is 259 g/mol. The van der Waals surface area contributed by atoms with Crippen molar-refractivity contribution in [1.82, 2.24) is 4.90 Å². The van der Waals surface area contributed by atoms with E-state index in [1.807, 2.05) is 38.1 Å². The highest BCUT2D eigenvalue weighted by molar-refractivity contribution is 5.95. The maximum absolute atomic E-state index is 12.6. The quantitative estimate of drug-likeness (QED) is 0.849. The number of carbonyl (C=O) groups excluding carboxylic acids is 1. The number of rotatable bonds is 6. The van der Waals surface area contributed by atoms with Gasteiger partial charge in [0.15, 0.2) is 0 Å². The van der Waals surface area contributed by atoms with Gasteiger partial charge in [-0.15, -0.1) is 0 Å². The van der Waals surface area contributed by atoms with E-state index in [9.17, 15) is 4.79 Å². The Labute approximate surface area is 114 Å². The lowest BCUT2D eigenvalue weighted by molar-refractivity contribution is 0.0709. The number of nitrogens with two attached hydrogens (primary N) is 1. The van der Waals surface area contributed by atoms with Gasteiger partial charge in [0.05, 0.1) is 12.5 Å². The average molecular weight is 259 g/mol. The number of nitrogens with zero attached hydrogens (tertiary/aromatic N) is 2. The molecule has 0 spiro atoms. The molecule has 0 radical (unpaired) electrons. The zero-order chi connectivity index (χ0) is 14.3. The third-order valence-electron chi connectivity index (χ3n) is 3.01. The molecule has 0 saturated heterocycles. The van der Waals surface area contributed by atoms with E-state index in [-0.39, 0.29) is 11.9 Å². The standard InChI is InChI=1S/C15H21N3O/c1-12(2)18(11-5-9-16)15(19)14-7-4-3-6-13(14)8-10-17/h3-4,6-7,12H,5,8,10-11,17H2,1-2H3. The lowest BCUT2D eigenvalue weighted by atomic mass is 10.0. The average Bonchev–Trinajstić information content (AvgIpc) is 2.39. The van der Waals surface area contributed by atoms with Gasteiger partial charge in [-0.05, 0) is 38.4 Å². The van der Waals surface area contributed by atoms with Gasteiger partial charge >= 0.3 is 0 Å². The molecule has 102 valence electrons. The predicted octanol–water partition coefficient (Wildman–Crippen LogP) is 1.95. The molecule has 0 aliphatic carbocycles. The van der Waals surface area contributed by atoms with Gasteiger partial charge in [0.25, 0.3) is 5.91 Å². The summed E-state index contributed by atoms with van der Waals surface area (Å²) in [6.45, 7) is 4.90. The Morgan fingerprint density at radius 1 is 1.42 bits per heavy atom. The smallest absolute Gasteiger partial charge is 0.254 e. The third-order valence-corrected chi connectivity index (χ3v) is 3.01. The van der Waals surface area contributed by atoms with E-state index in [4.69, 9.17) is 11.0 Å². The van der Waals surface area contributed by atoms with Crippen molar-refractivity contribution in [3.05, 3.63) is 35.4 Å². The highest BCUT2D eigenvalue weighted by Crippen LogP contribution is 2.14. The van der Waals surface area contributed by atoms with Gasteiger partial charge in [0.1, 0.15) is 0 Å². The Kier molecular flexibility index (Phi) is 6.04. The molecule has 2 N–H and O–H groups in total. The molecular weight excluding hydrogens is 238 g/mol. The summed E-state index contributed by atoms with van der Waals surface area (Å²) in [6.07, 6.45) is 1.04. The van der Waals surface area contributed by atoms with Crippen LogP contribution >= 0.6 is 0 Å². The van der Waals surface area contributed by atoms with Gasteiger partial charge in [-0.3, -0.25) is 4.79 Å². The molecule has 0 unspecified atom stereocenters. The van der Waals surface area contributed by atoms with Crippen molar-refractivity contribution >= 4 is 5.91 Å². The fourth-order valence-electron chi connectivity index (χ4n) is 2.02. The van der Waals surface area contributed by atoms with E-state index in [2.05, 4.69) is 6.07 Å². The Morgan fingerprint density at radius 2 is 2.11 bits per heavy atom. The second-order valence-electron chi connectivity index (χ2n) is 4.70. The number of amides is 1. The largest absolute Gasteiger partial charge is 0.335 e. The molecule has 0 aliphatic heterocycles. The maximum Gasteiger partial charge on any atom is 0.254 e. The van der Waals surface area contributed by atoms with E-state index in [1.165, 1.54) is 0 Å². The molecule has 1 rings (SSSR count). The first-order valence-corrected chi connectivity index (χ1v) is 6.57. The van der Waals surface area contributed by atoms with Crippen LogP contribution in [0.3, 0.4) is 0 Å². The van der Waals surface area contributed by atoms with Crippen molar-refractivity contribution < 1.29 is 4.79 Å². The molecule has 0 aromatic heterocycles. The Balaban J connectivity index is 2.99. The summed E-state index contributed by atoms with van der Waals surface area (Å²) >= 11 is 0. The first kappa shape index (κ1) is 15.2. The van der Waals surface area contributed by atoms with E-state index in [0.717, 1.165) is 5.56 Å². The van der Waals surface area contributed by atoms with Crippen LogP contribution in [0, 0.1) is 11.3 Å². The predicted molar refractivity (Wildman–Crippen MR) is 75.6 cm³/mol. The van der Waals surface area contributed by atoms with E-state index in [1.54, 1.807) is 4.90 Å². The molecule has 0 bridgehead atoms. The first-order chi connectivity index (χ1) is 9.11. The minimum atomic E-state index is -0.0192. The number of benzene rings is 1. The minimum absolute atomic E-state index is 0.0192. The van der Waals surface area contributed by atoms with Crippen molar-refractivity contribution in [3.8, 4) is 6.07 Å². The summed E-state index contributed by atoms with van der Waals surface area (Å²) in [5.74, 6) is -0.0192. The molecule has 0 aliphatic rings. The van der Waals surface area contributed by atoms with Gasteiger partial charge in [-0.25, -0.2) is 0 Å². The summed E-state index contributed by atoms with van der Waals surface area (Å²) in [6, 6.07) is 9.69. The Bertz CT molecular complexity index is 463. The van der Waals surface area contributed by atoms with Gasteiger partial charge in [0.2, 0.25) is 0 Å². The SMILES string of the molecule is CC(C)N(CCC#N)C(=O)c1ccccc1CCN. The molecule has 1 amide bonds. The topological polar surface area (TPSA) is 70.1 Å². The van der Waals surface area contributed by atoms with E-state index in [0.29, 0.717) is 31.5 Å². The lowest BCUT2D eigenvalue weighted by Crippen LogP contribution is -2.38. The number of hydrogen-bond donors (Lipinski definition) is 1. The van der Waals surface area contributed by atoms with Crippen molar-refractivity contribution in [2.24, 2.45) is 5.73 Å². The van der Waals surface area contributed by atoms with Crippen LogP contribution in [-0.4, -0.2) is 29.9 Å². The Hall–Kier alpha value is -1.86. The maximum atomic E-state index is 12.6. The highest BCUT2D eigenvalue weighted by Gasteiger charge is 2.20. The second-order valence-corrected chi connectivity index (χ2v) is 4.70. The first-order valence-electron chi connectivity index (χ1n) is 6.57. The van der Waals surface area contributed by atoms with Crippen LogP contribution in [0.1, 0.15) is 36.2 Å². The highest BCUT2D eigenvalue weighted by atomic mass is 16.2. The molecular formula is C15H21N3O. The molecule has 0 fully saturated rings. The second kappa shape index (κ2) is 7.55. The van der Waals surface area contributed by atoms with Crippen LogP contribution in [0.5, 0.6) is 0 Å². The summed E-state index contributed by atoms with van der Waals surface area (Å²) in [7, 11) is 0. The fraction of sp³-hybridized carbons (Fsp3) is 0.467. The van der Waals surface area contributed by atoms with Gasteiger partial charge in [-0.2, -0.15) is 5.26 Å². The fourth-order valence-corrected chi connectivity index (χ4v) is 2.02. The van der Waals surface area contributed by atoms with E-state index >= 15 is 0 Å². The molecule has 1 aromatic rings. The zero-order valence-electron chi connectivity index (χ0n) is 11.6. The summed E-state index contributed by atoms with van der Waals surface area (Å²) in [4.78, 5) is 14.3. The van der Waals surface area contributed by atoms with Gasteiger partial charge in [-0.1, -0.05) is 18.2 Å². The molecule has 0 heterocycles. The number of nitriles is 1. The van der Waals surface area contributed by atoms with Gasteiger partial charge < -0.3 is 10.6 Å². The van der Waals surface area contributed by atoms with Crippen molar-refractivity contribution in [2.45, 2.75) is 32.7 Å². The zero-order valence-corrected chi connectivity index (χ0v) is 11.6. The van der Waals surface area contributed by atoms with Crippen LogP contribution in [0.4, 0.5) is 0 Å². The number of hydrogen-bond acceptors (Lipinski definition) is 3. The number of carbonyl (C=O) groups is 1. The van der Waals surface area contributed by atoms with Crippen molar-refractivity contribution in [3.63, 3.8) is 0 Å². The van der Waals surface area contributed by atoms with Crippen molar-refractivity contribution in [2.75, 3.05) is 13.1 Å². The Morgan fingerprint density at radius 3 is 2.68 bits per heavy atom. The normalized spacial score (nSPS) is 10.3. The van der Waals surface area contributed by atoms with Crippen LogP contribution < -0.4 is 5.73 Å². The van der Waals surface area contributed by atoms with Crippen LogP contribution in [-0.2, 0) is 6.42 Å². The molecule has 0 saturated carbocycles.